The van der Waals surface area contributed by atoms with Crippen molar-refractivity contribution in [3.05, 3.63) is 35.4 Å². The van der Waals surface area contributed by atoms with E-state index >= 15 is 0 Å². The van der Waals surface area contributed by atoms with Gasteiger partial charge in [-0.2, -0.15) is 0 Å². The highest BCUT2D eigenvalue weighted by Crippen LogP contribution is 2.18. The Kier molecular flexibility index (Phi) is 6.25. The smallest absolute Gasteiger partial charge is 0.0555 e. The predicted molar refractivity (Wildman–Crippen MR) is 89.0 cm³/mol. The van der Waals surface area contributed by atoms with Crippen molar-refractivity contribution in [2.24, 2.45) is 5.73 Å². The molecule has 1 aliphatic heterocycles. The maximum atomic E-state index is 5.39. The molecule has 3 nitrogen and oxygen atoms in total. The molecule has 0 bridgehead atoms. The van der Waals surface area contributed by atoms with Gasteiger partial charge in [-0.1, -0.05) is 30.9 Å². The van der Waals surface area contributed by atoms with Crippen molar-refractivity contribution in [2.75, 3.05) is 33.2 Å². The first-order valence-electron chi connectivity index (χ1n) is 7.93. The monoisotopic (exact) mass is 285 g/mol. The lowest BCUT2D eigenvalue weighted by molar-refractivity contribution is 0.195. The van der Waals surface area contributed by atoms with E-state index in [4.69, 9.17) is 5.73 Å². The van der Waals surface area contributed by atoms with Crippen molar-refractivity contribution in [2.45, 2.75) is 32.4 Å². The minimum atomic E-state index is 0.416. The van der Waals surface area contributed by atoms with Gasteiger partial charge in [0.1, 0.15) is 0 Å². The first-order chi connectivity index (χ1) is 10.2. The molecule has 114 valence electrons. The van der Waals surface area contributed by atoms with E-state index in [9.17, 15) is 0 Å². The van der Waals surface area contributed by atoms with Gasteiger partial charge in [-0.15, -0.1) is 0 Å². The molecule has 0 amide bonds. The molecule has 0 aromatic heterocycles. The normalized spacial score (nSPS) is 18.8. The van der Waals surface area contributed by atoms with E-state index in [0.29, 0.717) is 6.54 Å². The second-order valence-corrected chi connectivity index (χ2v) is 5.82. The molecule has 1 atom stereocenters. The summed E-state index contributed by atoms with van der Waals surface area (Å²) >= 11 is 0. The summed E-state index contributed by atoms with van der Waals surface area (Å²) in [4.78, 5) is 5.03. The summed E-state index contributed by atoms with van der Waals surface area (Å²) in [5, 5.41) is 0. The molecule has 0 saturated carbocycles. The Balaban J connectivity index is 1.86. The minimum absolute atomic E-state index is 0.416. The summed E-state index contributed by atoms with van der Waals surface area (Å²) in [6.45, 7) is 7.27. The van der Waals surface area contributed by atoms with Crippen molar-refractivity contribution in [3.63, 3.8) is 0 Å². The molecule has 1 heterocycles. The van der Waals surface area contributed by atoms with Crippen LogP contribution in [0.5, 0.6) is 0 Å². The van der Waals surface area contributed by atoms with Gasteiger partial charge in [0.05, 0.1) is 6.54 Å². The van der Waals surface area contributed by atoms with E-state index in [1.165, 1.54) is 31.5 Å². The number of benzene rings is 1. The second-order valence-electron chi connectivity index (χ2n) is 5.82. The largest absolute Gasteiger partial charge is 0.320 e. The van der Waals surface area contributed by atoms with Crippen molar-refractivity contribution in [1.82, 2.24) is 9.80 Å². The molecule has 3 heteroatoms. The van der Waals surface area contributed by atoms with Crippen LogP contribution < -0.4 is 5.73 Å². The summed E-state index contributed by atoms with van der Waals surface area (Å²) in [5.41, 5.74) is 7.77. The third-order valence-corrected chi connectivity index (χ3v) is 4.17. The summed E-state index contributed by atoms with van der Waals surface area (Å²) in [6.07, 6.45) is 2.69. The van der Waals surface area contributed by atoms with Crippen molar-refractivity contribution >= 4 is 0 Å². The molecular formula is C18H27N3. The zero-order valence-electron chi connectivity index (χ0n) is 13.3. The Morgan fingerprint density at radius 3 is 2.76 bits per heavy atom. The zero-order chi connectivity index (χ0) is 15.1. The van der Waals surface area contributed by atoms with E-state index < -0.39 is 0 Å². The molecule has 1 aromatic rings. The van der Waals surface area contributed by atoms with E-state index in [2.05, 4.69) is 59.9 Å². The number of nitrogens with two attached hydrogens (primary N) is 1. The molecular weight excluding hydrogens is 258 g/mol. The zero-order valence-corrected chi connectivity index (χ0v) is 13.3. The number of rotatable bonds is 5. The van der Waals surface area contributed by atoms with Crippen molar-refractivity contribution < 1.29 is 0 Å². The fourth-order valence-electron chi connectivity index (χ4n) is 3.10. The highest BCUT2D eigenvalue weighted by Gasteiger charge is 2.23. The van der Waals surface area contributed by atoms with Crippen LogP contribution in [0, 0.1) is 11.8 Å². The van der Waals surface area contributed by atoms with Crippen molar-refractivity contribution in [1.29, 1.82) is 0 Å². The maximum Gasteiger partial charge on any atom is 0.0555 e. The van der Waals surface area contributed by atoms with Crippen LogP contribution in [0.2, 0.25) is 0 Å². The number of hydrogen-bond acceptors (Lipinski definition) is 3. The van der Waals surface area contributed by atoms with E-state index in [-0.39, 0.29) is 0 Å². The Labute approximate surface area is 129 Å². The maximum absolute atomic E-state index is 5.39. The molecule has 1 fully saturated rings. The lowest BCUT2D eigenvalue weighted by atomic mass is 10.1. The summed E-state index contributed by atoms with van der Waals surface area (Å²) in [7, 11) is 2.22. The molecule has 1 saturated heterocycles. The Hall–Kier alpha value is -1.34. The van der Waals surface area contributed by atoms with Crippen LogP contribution >= 0.6 is 0 Å². The Morgan fingerprint density at radius 1 is 1.33 bits per heavy atom. The summed E-state index contributed by atoms with van der Waals surface area (Å²) < 4.78 is 0. The summed E-state index contributed by atoms with van der Waals surface area (Å²) in [5.74, 6) is 5.95. The van der Waals surface area contributed by atoms with Gasteiger partial charge in [0.15, 0.2) is 0 Å². The van der Waals surface area contributed by atoms with Gasteiger partial charge >= 0.3 is 0 Å². The molecule has 0 radical (unpaired) electrons. The second kappa shape index (κ2) is 8.19. The number of hydrogen-bond donors (Lipinski definition) is 1. The average molecular weight is 285 g/mol. The standard InChI is InChI=1S/C18H27N3/c1-3-21-13-5-7-18(21)15-20(2)14-17-10-8-16(9-11-17)6-4-12-19/h8-11,18H,3,5,7,12-15,19H2,1-2H3. The number of likely N-dealkylation sites (tertiary alicyclic amines) is 1. The van der Waals surface area contributed by atoms with Crippen LogP contribution in [0.4, 0.5) is 0 Å². The number of likely N-dealkylation sites (N-methyl/N-ethyl adjacent to an activating group) is 2. The lowest BCUT2D eigenvalue weighted by Crippen LogP contribution is -2.38. The van der Waals surface area contributed by atoms with Gasteiger partial charge in [0, 0.05) is 24.7 Å². The van der Waals surface area contributed by atoms with Crippen LogP contribution in [0.3, 0.4) is 0 Å². The Morgan fingerprint density at radius 2 is 2.10 bits per heavy atom. The van der Waals surface area contributed by atoms with Gasteiger partial charge in [-0.3, -0.25) is 4.90 Å². The van der Waals surface area contributed by atoms with Crippen LogP contribution in [0.1, 0.15) is 30.9 Å². The molecule has 2 rings (SSSR count). The fourth-order valence-corrected chi connectivity index (χ4v) is 3.10. The minimum Gasteiger partial charge on any atom is -0.320 e. The fraction of sp³-hybridized carbons (Fsp3) is 0.556. The van der Waals surface area contributed by atoms with Gasteiger partial charge in [0.25, 0.3) is 0 Å². The molecule has 21 heavy (non-hydrogen) atoms. The third-order valence-electron chi connectivity index (χ3n) is 4.17. The lowest BCUT2D eigenvalue weighted by Gasteiger charge is -2.27. The molecule has 1 aromatic carbocycles. The molecule has 2 N–H and O–H groups in total. The van der Waals surface area contributed by atoms with Crippen LogP contribution in [-0.2, 0) is 6.54 Å². The Bertz CT molecular complexity index is 483. The van der Waals surface area contributed by atoms with Crippen LogP contribution in [0.25, 0.3) is 0 Å². The SMILES string of the molecule is CCN1CCCC1CN(C)Cc1ccc(C#CCN)cc1. The molecule has 1 aliphatic rings. The third kappa shape index (κ3) is 4.86. The topological polar surface area (TPSA) is 32.5 Å². The molecule has 1 unspecified atom stereocenters. The van der Waals surface area contributed by atoms with Crippen LogP contribution in [-0.4, -0.2) is 49.1 Å². The molecule has 0 spiro atoms. The van der Waals surface area contributed by atoms with Crippen molar-refractivity contribution in [3.8, 4) is 11.8 Å². The highest BCUT2D eigenvalue weighted by atomic mass is 15.2. The van der Waals surface area contributed by atoms with E-state index in [0.717, 1.165) is 24.7 Å². The molecule has 0 aliphatic carbocycles. The van der Waals surface area contributed by atoms with Crippen LogP contribution in [0.15, 0.2) is 24.3 Å². The highest BCUT2D eigenvalue weighted by molar-refractivity contribution is 5.36. The van der Waals surface area contributed by atoms with Gasteiger partial charge in [-0.05, 0) is 50.7 Å². The predicted octanol–water partition coefficient (Wildman–Crippen LogP) is 1.91. The van der Waals surface area contributed by atoms with E-state index in [1.807, 2.05) is 0 Å². The van der Waals surface area contributed by atoms with Gasteiger partial charge < -0.3 is 10.6 Å². The quantitative estimate of drug-likeness (QED) is 0.839. The number of nitrogens with zero attached hydrogens (tertiary/aromatic N) is 2. The van der Waals surface area contributed by atoms with Gasteiger partial charge in [-0.25, -0.2) is 0 Å². The first kappa shape index (κ1) is 16.0. The average Bonchev–Trinajstić information content (AvgIpc) is 2.93. The first-order valence-corrected chi connectivity index (χ1v) is 7.93. The van der Waals surface area contributed by atoms with E-state index in [1.54, 1.807) is 0 Å². The van der Waals surface area contributed by atoms with Gasteiger partial charge in [0.2, 0.25) is 0 Å². The summed E-state index contributed by atoms with van der Waals surface area (Å²) in [6, 6.07) is 9.24.